The molecule has 0 saturated carbocycles. The predicted molar refractivity (Wildman–Crippen MR) is 53.3 cm³/mol. The normalized spacial score (nSPS) is 18.1. The number of esters is 1. The lowest BCUT2D eigenvalue weighted by atomic mass is 10.1. The number of phenolic OH excluding ortho intramolecular Hbond substituents is 2. The fourth-order valence-corrected chi connectivity index (χ4v) is 1.41. The monoisotopic (exact) mass is 206 g/mol. The van der Waals surface area contributed by atoms with E-state index in [4.69, 9.17) is 9.84 Å². The van der Waals surface area contributed by atoms with Gasteiger partial charge in [-0.1, -0.05) is 6.07 Å². The molecular formula is C11H10O4. The van der Waals surface area contributed by atoms with Gasteiger partial charge in [-0.25, -0.2) is 4.79 Å². The van der Waals surface area contributed by atoms with Gasteiger partial charge in [-0.2, -0.15) is 0 Å². The summed E-state index contributed by atoms with van der Waals surface area (Å²) in [7, 11) is 0. The van der Waals surface area contributed by atoms with Crippen LogP contribution < -0.4 is 0 Å². The van der Waals surface area contributed by atoms with Gasteiger partial charge in [0.1, 0.15) is 0 Å². The molecule has 1 aromatic carbocycles. The number of carbonyl (C=O) groups excluding carboxylic acids is 1. The highest BCUT2D eigenvalue weighted by Gasteiger charge is 2.18. The van der Waals surface area contributed by atoms with E-state index in [1.54, 1.807) is 12.1 Å². The molecule has 1 saturated heterocycles. The zero-order valence-corrected chi connectivity index (χ0v) is 7.93. The number of benzene rings is 1. The van der Waals surface area contributed by atoms with E-state index in [9.17, 15) is 9.90 Å². The van der Waals surface area contributed by atoms with Crippen molar-refractivity contribution >= 4 is 12.0 Å². The van der Waals surface area contributed by atoms with Crippen LogP contribution in [0.15, 0.2) is 23.8 Å². The van der Waals surface area contributed by atoms with Gasteiger partial charge in [-0.15, -0.1) is 0 Å². The molecule has 15 heavy (non-hydrogen) atoms. The molecule has 4 heteroatoms. The summed E-state index contributed by atoms with van der Waals surface area (Å²) in [5.41, 5.74) is 1.25. The van der Waals surface area contributed by atoms with Crippen molar-refractivity contribution in [1.29, 1.82) is 0 Å². The van der Waals surface area contributed by atoms with Crippen molar-refractivity contribution < 1.29 is 19.7 Å². The molecule has 1 heterocycles. The molecule has 1 aliphatic rings. The molecule has 0 amide bonds. The van der Waals surface area contributed by atoms with Crippen LogP contribution in [0.5, 0.6) is 11.5 Å². The Morgan fingerprint density at radius 1 is 1.27 bits per heavy atom. The van der Waals surface area contributed by atoms with Gasteiger partial charge < -0.3 is 14.9 Å². The molecule has 2 N–H and O–H groups in total. The van der Waals surface area contributed by atoms with E-state index in [0.717, 1.165) is 0 Å². The lowest BCUT2D eigenvalue weighted by molar-refractivity contribution is -0.134. The van der Waals surface area contributed by atoms with Crippen molar-refractivity contribution in [3.8, 4) is 11.5 Å². The first-order valence-electron chi connectivity index (χ1n) is 4.56. The zero-order chi connectivity index (χ0) is 10.8. The van der Waals surface area contributed by atoms with E-state index in [2.05, 4.69) is 0 Å². The molecule has 0 radical (unpaired) electrons. The van der Waals surface area contributed by atoms with E-state index in [-0.39, 0.29) is 17.5 Å². The van der Waals surface area contributed by atoms with Crippen molar-refractivity contribution in [2.75, 3.05) is 6.61 Å². The van der Waals surface area contributed by atoms with E-state index < -0.39 is 0 Å². The van der Waals surface area contributed by atoms with Crippen LogP contribution in [0.4, 0.5) is 0 Å². The topological polar surface area (TPSA) is 66.8 Å². The Hall–Kier alpha value is -1.97. The minimum absolute atomic E-state index is 0.175. The Kier molecular flexibility index (Phi) is 2.33. The van der Waals surface area contributed by atoms with Crippen molar-refractivity contribution in [1.82, 2.24) is 0 Å². The fourth-order valence-electron chi connectivity index (χ4n) is 1.41. The van der Waals surface area contributed by atoms with E-state index in [1.165, 1.54) is 12.1 Å². The summed E-state index contributed by atoms with van der Waals surface area (Å²) in [6, 6.07) is 4.39. The van der Waals surface area contributed by atoms with Crippen LogP contribution in [0.25, 0.3) is 6.08 Å². The molecule has 0 aromatic heterocycles. The van der Waals surface area contributed by atoms with Gasteiger partial charge in [0.15, 0.2) is 11.5 Å². The van der Waals surface area contributed by atoms with Crippen LogP contribution in [0, 0.1) is 0 Å². The number of hydrogen-bond donors (Lipinski definition) is 2. The van der Waals surface area contributed by atoms with Crippen LogP contribution in [-0.2, 0) is 9.53 Å². The van der Waals surface area contributed by atoms with Crippen molar-refractivity contribution in [3.63, 3.8) is 0 Å². The quantitative estimate of drug-likeness (QED) is 0.414. The van der Waals surface area contributed by atoms with Crippen molar-refractivity contribution in [3.05, 3.63) is 29.3 Å². The molecule has 1 aliphatic heterocycles. The molecule has 0 aliphatic carbocycles. The van der Waals surface area contributed by atoms with Gasteiger partial charge in [-0.05, 0) is 23.8 Å². The summed E-state index contributed by atoms with van der Waals surface area (Å²) in [5, 5.41) is 18.3. The molecule has 1 fully saturated rings. The molecule has 0 bridgehead atoms. The Bertz CT molecular complexity index is 434. The zero-order valence-electron chi connectivity index (χ0n) is 7.93. The van der Waals surface area contributed by atoms with Crippen LogP contribution in [0.1, 0.15) is 12.0 Å². The van der Waals surface area contributed by atoms with E-state index in [1.807, 2.05) is 0 Å². The summed E-state index contributed by atoms with van der Waals surface area (Å²) >= 11 is 0. The second kappa shape index (κ2) is 3.65. The smallest absolute Gasteiger partial charge is 0.334 e. The third-order valence-electron chi connectivity index (χ3n) is 2.21. The summed E-state index contributed by atoms with van der Waals surface area (Å²) in [6.45, 7) is 0.411. The van der Waals surface area contributed by atoms with Gasteiger partial charge in [0.25, 0.3) is 0 Å². The number of hydrogen-bond acceptors (Lipinski definition) is 4. The van der Waals surface area contributed by atoms with Crippen LogP contribution in [-0.4, -0.2) is 22.8 Å². The van der Waals surface area contributed by atoms with Crippen LogP contribution >= 0.6 is 0 Å². The fraction of sp³-hybridized carbons (Fsp3) is 0.182. The number of ether oxygens (including phenoxy) is 1. The second-order valence-corrected chi connectivity index (χ2v) is 3.30. The maximum atomic E-state index is 11.1. The molecule has 1 aromatic rings. The molecule has 0 spiro atoms. The second-order valence-electron chi connectivity index (χ2n) is 3.30. The van der Waals surface area contributed by atoms with Crippen LogP contribution in [0.2, 0.25) is 0 Å². The molecule has 0 atom stereocenters. The summed E-state index contributed by atoms with van der Waals surface area (Å²) in [5.74, 6) is -0.690. The van der Waals surface area contributed by atoms with Crippen LogP contribution in [0.3, 0.4) is 0 Å². The largest absolute Gasteiger partial charge is 0.504 e. The third-order valence-corrected chi connectivity index (χ3v) is 2.21. The first-order chi connectivity index (χ1) is 7.16. The number of cyclic esters (lactones) is 1. The van der Waals surface area contributed by atoms with Crippen molar-refractivity contribution in [2.24, 2.45) is 0 Å². The third kappa shape index (κ3) is 1.93. The lowest BCUT2D eigenvalue weighted by Crippen LogP contribution is -1.94. The predicted octanol–water partition coefficient (Wildman–Crippen LogP) is 1.43. The summed E-state index contributed by atoms with van der Waals surface area (Å²) < 4.78 is 4.77. The Morgan fingerprint density at radius 3 is 2.67 bits per heavy atom. The first-order valence-corrected chi connectivity index (χ1v) is 4.56. The molecular weight excluding hydrogens is 196 g/mol. The number of carbonyl (C=O) groups is 1. The molecule has 78 valence electrons. The van der Waals surface area contributed by atoms with E-state index >= 15 is 0 Å². The Labute approximate surface area is 86.4 Å². The Morgan fingerprint density at radius 2 is 2.07 bits per heavy atom. The summed E-state index contributed by atoms with van der Waals surface area (Å²) in [4.78, 5) is 11.1. The minimum Gasteiger partial charge on any atom is -0.504 e. The highest BCUT2D eigenvalue weighted by Crippen LogP contribution is 2.27. The molecule has 4 nitrogen and oxygen atoms in total. The number of rotatable bonds is 1. The van der Waals surface area contributed by atoms with E-state index in [0.29, 0.717) is 24.2 Å². The first kappa shape index (κ1) is 9.58. The number of aromatic hydroxyl groups is 2. The highest BCUT2D eigenvalue weighted by atomic mass is 16.5. The Balaban J connectivity index is 2.31. The molecule has 0 unspecified atom stereocenters. The van der Waals surface area contributed by atoms with Gasteiger partial charge in [0, 0.05) is 12.0 Å². The number of phenols is 2. The van der Waals surface area contributed by atoms with Gasteiger partial charge >= 0.3 is 5.97 Å². The standard InChI is InChI=1S/C11H10O4/c12-9-2-1-7(6-10(9)13)5-8-3-4-15-11(8)14/h1-2,5-6,12-13H,3-4H2/b8-5+. The maximum Gasteiger partial charge on any atom is 0.334 e. The lowest BCUT2D eigenvalue weighted by Gasteiger charge is -1.99. The van der Waals surface area contributed by atoms with Gasteiger partial charge in [-0.3, -0.25) is 0 Å². The average molecular weight is 206 g/mol. The van der Waals surface area contributed by atoms with Gasteiger partial charge in [0.2, 0.25) is 0 Å². The average Bonchev–Trinajstić information content (AvgIpc) is 2.59. The maximum absolute atomic E-state index is 11.1. The highest BCUT2D eigenvalue weighted by molar-refractivity contribution is 5.95. The van der Waals surface area contributed by atoms with Gasteiger partial charge in [0.05, 0.1) is 6.61 Å². The minimum atomic E-state index is -0.317. The SMILES string of the molecule is O=C1OCC/C1=C\c1ccc(O)c(O)c1. The molecule has 2 rings (SSSR count). The van der Waals surface area contributed by atoms with Crippen molar-refractivity contribution in [2.45, 2.75) is 6.42 Å². The summed E-state index contributed by atoms with van der Waals surface area (Å²) in [6.07, 6.45) is 2.23.